The van der Waals surface area contributed by atoms with E-state index >= 15 is 0 Å². The molecule has 3 N–H and O–H groups in total. The first-order valence-corrected chi connectivity index (χ1v) is 6.33. The van der Waals surface area contributed by atoms with Gasteiger partial charge in [0.25, 0.3) is 0 Å². The van der Waals surface area contributed by atoms with E-state index < -0.39 is 17.5 Å². The molecule has 0 saturated heterocycles. The summed E-state index contributed by atoms with van der Waals surface area (Å²) in [7, 11) is 0. The Bertz CT molecular complexity index is 298. The largest absolute Gasteiger partial charge is 0.480 e. The summed E-state index contributed by atoms with van der Waals surface area (Å²) in [4.78, 5) is 22.2. The zero-order chi connectivity index (χ0) is 13.6. The molecule has 6 nitrogen and oxygen atoms in total. The Balaban J connectivity index is 2.11. The lowest BCUT2D eigenvalue weighted by molar-refractivity contribution is -0.142. The Labute approximate surface area is 107 Å². The molecule has 2 amide bonds. The minimum atomic E-state index is -1.27. The van der Waals surface area contributed by atoms with Crippen molar-refractivity contribution < 1.29 is 19.4 Å². The topological polar surface area (TPSA) is 87.7 Å². The summed E-state index contributed by atoms with van der Waals surface area (Å²) < 4.78 is 5.57. The van der Waals surface area contributed by atoms with E-state index in [-0.39, 0.29) is 0 Å². The lowest BCUT2D eigenvalue weighted by atomic mass is 10.1. The van der Waals surface area contributed by atoms with Crippen molar-refractivity contribution in [1.29, 1.82) is 0 Å². The van der Waals surface area contributed by atoms with Crippen LogP contribution in [0.3, 0.4) is 0 Å². The molecule has 0 spiro atoms. The number of ether oxygens (including phenoxy) is 1. The van der Waals surface area contributed by atoms with Crippen molar-refractivity contribution in [2.24, 2.45) is 0 Å². The molecule has 0 radical (unpaired) electrons. The minimum absolute atomic E-state index is 0.324. The van der Waals surface area contributed by atoms with Gasteiger partial charge < -0.3 is 20.5 Å². The van der Waals surface area contributed by atoms with Crippen LogP contribution in [0.15, 0.2) is 0 Å². The fourth-order valence-electron chi connectivity index (χ4n) is 1.83. The number of carbonyl (C=O) groups is 2. The maximum Gasteiger partial charge on any atom is 0.328 e. The van der Waals surface area contributed by atoms with Crippen molar-refractivity contribution in [2.45, 2.75) is 51.2 Å². The van der Waals surface area contributed by atoms with Crippen LogP contribution in [0.25, 0.3) is 0 Å². The number of nitrogens with one attached hydrogen (secondary N) is 2. The van der Waals surface area contributed by atoms with Gasteiger partial charge in [-0.2, -0.15) is 0 Å². The predicted octanol–water partition coefficient (Wildman–Crippen LogP) is 1.11. The Hall–Kier alpha value is -1.30. The monoisotopic (exact) mass is 258 g/mol. The minimum Gasteiger partial charge on any atom is -0.480 e. The fraction of sp³-hybridized carbons (Fsp3) is 0.833. The van der Waals surface area contributed by atoms with Crippen LogP contribution in [0.4, 0.5) is 4.79 Å². The number of carbonyl (C=O) groups excluding carboxylic acids is 1. The normalized spacial score (nSPS) is 16.6. The highest BCUT2D eigenvalue weighted by molar-refractivity contribution is 5.85. The molecule has 1 saturated carbocycles. The summed E-state index contributed by atoms with van der Waals surface area (Å²) in [5, 5.41) is 13.8. The molecule has 0 unspecified atom stereocenters. The number of carboxylic acids is 1. The molecule has 1 fully saturated rings. The van der Waals surface area contributed by atoms with Gasteiger partial charge in [-0.25, -0.2) is 9.59 Å². The number of hydrogen-bond donors (Lipinski definition) is 3. The number of urea groups is 1. The number of carboxylic acid groups (broad SMARTS) is 1. The molecule has 0 aromatic heterocycles. The van der Waals surface area contributed by atoms with Crippen LogP contribution in [0.2, 0.25) is 0 Å². The summed E-state index contributed by atoms with van der Waals surface area (Å²) in [5.74, 6) is -1.07. The molecule has 0 aliphatic heterocycles. The molecule has 0 aromatic rings. The molecule has 0 aromatic carbocycles. The van der Waals surface area contributed by atoms with Crippen molar-refractivity contribution in [2.75, 3.05) is 13.2 Å². The third-order valence-electron chi connectivity index (χ3n) is 3.00. The first-order valence-electron chi connectivity index (χ1n) is 6.33. The molecule has 1 aliphatic carbocycles. The van der Waals surface area contributed by atoms with E-state index in [9.17, 15) is 9.59 Å². The quantitative estimate of drug-likeness (QED) is 0.623. The maximum absolute atomic E-state index is 11.4. The fourth-order valence-corrected chi connectivity index (χ4v) is 1.83. The Morgan fingerprint density at radius 2 is 1.94 bits per heavy atom. The van der Waals surface area contributed by atoms with Crippen LogP contribution in [0, 0.1) is 0 Å². The molecule has 0 bridgehead atoms. The number of aliphatic carboxylic acids is 1. The molecule has 18 heavy (non-hydrogen) atoms. The summed E-state index contributed by atoms with van der Waals surface area (Å²) >= 11 is 0. The molecular weight excluding hydrogens is 236 g/mol. The SMILES string of the molecule is CC(C)(NC(=O)NCCOC1CCCC1)C(=O)O. The van der Waals surface area contributed by atoms with Gasteiger partial charge in [0.15, 0.2) is 0 Å². The standard InChI is InChI=1S/C12H22N2O4/c1-12(2,10(15)16)14-11(17)13-7-8-18-9-5-3-4-6-9/h9H,3-8H2,1-2H3,(H,15,16)(H2,13,14,17). The molecule has 0 atom stereocenters. The van der Waals surface area contributed by atoms with Crippen LogP contribution in [0.5, 0.6) is 0 Å². The van der Waals surface area contributed by atoms with Gasteiger partial charge in [-0.3, -0.25) is 0 Å². The van der Waals surface area contributed by atoms with Crippen LogP contribution in [-0.4, -0.2) is 41.9 Å². The molecule has 1 rings (SSSR count). The van der Waals surface area contributed by atoms with E-state index in [4.69, 9.17) is 9.84 Å². The zero-order valence-corrected chi connectivity index (χ0v) is 11.0. The van der Waals surface area contributed by atoms with Crippen molar-refractivity contribution in [3.8, 4) is 0 Å². The van der Waals surface area contributed by atoms with E-state index in [1.165, 1.54) is 26.7 Å². The highest BCUT2D eigenvalue weighted by Crippen LogP contribution is 2.20. The van der Waals surface area contributed by atoms with E-state index in [2.05, 4.69) is 10.6 Å². The summed E-state index contributed by atoms with van der Waals surface area (Å²) in [5.41, 5.74) is -1.27. The summed E-state index contributed by atoms with van der Waals surface area (Å²) in [6, 6.07) is -0.488. The third kappa shape index (κ3) is 4.91. The highest BCUT2D eigenvalue weighted by atomic mass is 16.5. The number of rotatable bonds is 6. The average Bonchev–Trinajstić information content (AvgIpc) is 2.76. The first kappa shape index (κ1) is 14.8. The van der Waals surface area contributed by atoms with Gasteiger partial charge in [0.05, 0.1) is 12.7 Å². The van der Waals surface area contributed by atoms with Gasteiger partial charge in [0, 0.05) is 6.54 Å². The van der Waals surface area contributed by atoms with Crippen molar-refractivity contribution in [3.63, 3.8) is 0 Å². The van der Waals surface area contributed by atoms with Gasteiger partial charge in [-0.05, 0) is 26.7 Å². The Kier molecular flexibility index (Phi) is 5.40. The second kappa shape index (κ2) is 6.58. The van der Waals surface area contributed by atoms with E-state index in [1.54, 1.807) is 0 Å². The van der Waals surface area contributed by atoms with Gasteiger partial charge in [-0.15, -0.1) is 0 Å². The molecule has 104 valence electrons. The molecule has 0 heterocycles. The smallest absolute Gasteiger partial charge is 0.328 e. The lowest BCUT2D eigenvalue weighted by Gasteiger charge is -2.21. The highest BCUT2D eigenvalue weighted by Gasteiger charge is 2.28. The molecule has 6 heteroatoms. The van der Waals surface area contributed by atoms with Crippen LogP contribution >= 0.6 is 0 Å². The summed E-state index contributed by atoms with van der Waals surface area (Å²) in [6.07, 6.45) is 4.94. The lowest BCUT2D eigenvalue weighted by Crippen LogP contribution is -2.53. The summed E-state index contributed by atoms with van der Waals surface area (Å²) in [6.45, 7) is 3.72. The van der Waals surface area contributed by atoms with E-state index in [0.717, 1.165) is 12.8 Å². The zero-order valence-electron chi connectivity index (χ0n) is 11.0. The third-order valence-corrected chi connectivity index (χ3v) is 3.00. The second-order valence-electron chi connectivity index (χ2n) is 5.09. The second-order valence-corrected chi connectivity index (χ2v) is 5.09. The number of amides is 2. The van der Waals surface area contributed by atoms with Crippen molar-refractivity contribution in [1.82, 2.24) is 10.6 Å². The van der Waals surface area contributed by atoms with Crippen LogP contribution < -0.4 is 10.6 Å². The Morgan fingerprint density at radius 3 is 2.50 bits per heavy atom. The van der Waals surface area contributed by atoms with Crippen LogP contribution in [0.1, 0.15) is 39.5 Å². The maximum atomic E-state index is 11.4. The van der Waals surface area contributed by atoms with Gasteiger partial charge in [0.1, 0.15) is 5.54 Å². The van der Waals surface area contributed by atoms with Crippen molar-refractivity contribution >= 4 is 12.0 Å². The number of hydrogen-bond acceptors (Lipinski definition) is 3. The van der Waals surface area contributed by atoms with Gasteiger partial charge in [-0.1, -0.05) is 12.8 Å². The Morgan fingerprint density at radius 1 is 1.33 bits per heavy atom. The van der Waals surface area contributed by atoms with Gasteiger partial charge >= 0.3 is 12.0 Å². The molecule has 1 aliphatic rings. The average molecular weight is 258 g/mol. The van der Waals surface area contributed by atoms with Crippen molar-refractivity contribution in [3.05, 3.63) is 0 Å². The first-order chi connectivity index (χ1) is 8.42. The van der Waals surface area contributed by atoms with E-state index in [0.29, 0.717) is 19.3 Å². The molecular formula is C12H22N2O4. The van der Waals surface area contributed by atoms with E-state index in [1.807, 2.05) is 0 Å². The predicted molar refractivity (Wildman–Crippen MR) is 66.5 cm³/mol. The van der Waals surface area contributed by atoms with Gasteiger partial charge in [0.2, 0.25) is 0 Å². The van der Waals surface area contributed by atoms with Crippen LogP contribution in [-0.2, 0) is 9.53 Å².